The van der Waals surface area contributed by atoms with Crippen LogP contribution in [0.1, 0.15) is 31.9 Å². The summed E-state index contributed by atoms with van der Waals surface area (Å²) < 4.78 is 11.7. The average Bonchev–Trinajstić information content (AvgIpc) is 2.47. The molecule has 3 N–H and O–H groups in total. The Morgan fingerprint density at radius 2 is 1.95 bits per heavy atom. The second-order valence-electron chi connectivity index (χ2n) is 5.41. The van der Waals surface area contributed by atoms with E-state index < -0.39 is 0 Å². The molecule has 0 saturated heterocycles. The van der Waals surface area contributed by atoms with Crippen molar-refractivity contribution in [3.8, 4) is 11.5 Å². The molecule has 6 heteroatoms. The minimum absolute atomic E-state index is 0.0883. The van der Waals surface area contributed by atoms with Crippen molar-refractivity contribution in [2.24, 2.45) is 5.84 Å². The van der Waals surface area contributed by atoms with Crippen molar-refractivity contribution >= 4 is 15.9 Å². The lowest BCUT2D eigenvalue weighted by Gasteiger charge is -2.43. The Morgan fingerprint density at radius 3 is 2.33 bits per heavy atom. The van der Waals surface area contributed by atoms with Gasteiger partial charge < -0.3 is 14.4 Å². The summed E-state index contributed by atoms with van der Waals surface area (Å²) in [4.78, 5) is 2.18. The predicted molar refractivity (Wildman–Crippen MR) is 89.7 cm³/mol. The Morgan fingerprint density at radius 1 is 1.33 bits per heavy atom. The number of hydrogen-bond donors (Lipinski definition) is 2. The molecular weight excluding hydrogens is 334 g/mol. The Balaban J connectivity index is 3.45. The number of nitrogens with two attached hydrogens (primary N) is 1. The number of likely N-dealkylation sites (N-methyl/N-ethyl adjacent to an activating group) is 1. The van der Waals surface area contributed by atoms with Gasteiger partial charge in [0.05, 0.1) is 20.3 Å². The number of rotatable bonds is 7. The molecule has 1 aromatic rings. The van der Waals surface area contributed by atoms with Crippen LogP contribution in [0.25, 0.3) is 0 Å². The maximum atomic E-state index is 5.87. The van der Waals surface area contributed by atoms with Crippen molar-refractivity contribution in [3.05, 3.63) is 22.2 Å². The van der Waals surface area contributed by atoms with Gasteiger partial charge in [-0.2, -0.15) is 0 Å². The normalized spacial score (nSPS) is 15.7. The SMILES string of the molecule is CCC(C)(C(NN)c1ccc(OC)c(Br)c1OC)N(C)C. The quantitative estimate of drug-likeness (QED) is 0.578. The van der Waals surface area contributed by atoms with Gasteiger partial charge in [0.25, 0.3) is 0 Å². The first kappa shape index (κ1) is 18.2. The van der Waals surface area contributed by atoms with Crippen molar-refractivity contribution in [2.75, 3.05) is 28.3 Å². The zero-order chi connectivity index (χ0) is 16.2. The maximum absolute atomic E-state index is 5.87. The van der Waals surface area contributed by atoms with Crippen molar-refractivity contribution in [2.45, 2.75) is 31.8 Å². The first-order valence-electron chi connectivity index (χ1n) is 6.91. The maximum Gasteiger partial charge on any atom is 0.141 e. The van der Waals surface area contributed by atoms with E-state index in [0.717, 1.165) is 28.0 Å². The van der Waals surface area contributed by atoms with E-state index in [1.807, 2.05) is 12.1 Å². The van der Waals surface area contributed by atoms with Crippen LogP contribution in [0, 0.1) is 0 Å². The number of methoxy groups -OCH3 is 2. The van der Waals surface area contributed by atoms with Crippen molar-refractivity contribution in [3.63, 3.8) is 0 Å². The Hall–Kier alpha value is -0.820. The summed E-state index contributed by atoms with van der Waals surface area (Å²) in [7, 11) is 7.39. The highest BCUT2D eigenvalue weighted by atomic mass is 79.9. The molecule has 0 bridgehead atoms. The van der Waals surface area contributed by atoms with Crippen LogP contribution in [0.5, 0.6) is 11.5 Å². The standard InChI is InChI=1S/C15H26BrN3O2/c1-7-15(2,19(3)4)14(18-17)10-8-9-11(20-5)12(16)13(10)21-6/h8-9,14,18H,7,17H2,1-6H3. The lowest BCUT2D eigenvalue weighted by atomic mass is 9.83. The van der Waals surface area contributed by atoms with Crippen LogP contribution in [0.3, 0.4) is 0 Å². The summed E-state index contributed by atoms with van der Waals surface area (Å²) in [5.74, 6) is 7.34. The van der Waals surface area contributed by atoms with Gasteiger partial charge >= 0.3 is 0 Å². The molecule has 120 valence electrons. The second kappa shape index (κ2) is 7.45. The van der Waals surface area contributed by atoms with E-state index in [1.54, 1.807) is 14.2 Å². The van der Waals surface area contributed by atoms with Crippen molar-refractivity contribution < 1.29 is 9.47 Å². The largest absolute Gasteiger partial charge is 0.495 e. The zero-order valence-corrected chi connectivity index (χ0v) is 15.2. The van der Waals surface area contributed by atoms with Crippen LogP contribution in [-0.2, 0) is 0 Å². The molecule has 0 fully saturated rings. The smallest absolute Gasteiger partial charge is 0.141 e. The van der Waals surface area contributed by atoms with Gasteiger partial charge in [-0.25, -0.2) is 0 Å². The van der Waals surface area contributed by atoms with Crippen LogP contribution in [0.2, 0.25) is 0 Å². The van der Waals surface area contributed by atoms with E-state index >= 15 is 0 Å². The van der Waals surface area contributed by atoms with Gasteiger partial charge in [-0.15, -0.1) is 0 Å². The number of hydrogen-bond acceptors (Lipinski definition) is 5. The topological polar surface area (TPSA) is 59.8 Å². The first-order chi connectivity index (χ1) is 9.87. The highest BCUT2D eigenvalue weighted by molar-refractivity contribution is 9.10. The molecule has 0 saturated carbocycles. The predicted octanol–water partition coefficient (Wildman–Crippen LogP) is 2.70. The fourth-order valence-electron chi connectivity index (χ4n) is 2.53. The molecule has 0 aliphatic rings. The molecule has 1 aromatic carbocycles. The molecule has 0 radical (unpaired) electrons. The summed E-state index contributed by atoms with van der Waals surface area (Å²) >= 11 is 3.54. The molecule has 21 heavy (non-hydrogen) atoms. The Labute approximate surface area is 135 Å². The average molecular weight is 360 g/mol. The van der Waals surface area contributed by atoms with E-state index in [0.29, 0.717) is 0 Å². The molecule has 0 spiro atoms. The number of hydrazine groups is 1. The molecule has 0 heterocycles. The Kier molecular flexibility index (Phi) is 6.46. The van der Waals surface area contributed by atoms with Crippen molar-refractivity contribution in [1.29, 1.82) is 0 Å². The number of benzene rings is 1. The summed E-state index contributed by atoms with van der Waals surface area (Å²) in [6.07, 6.45) is 0.932. The van der Waals surface area contributed by atoms with E-state index in [4.69, 9.17) is 15.3 Å². The zero-order valence-electron chi connectivity index (χ0n) is 13.7. The lowest BCUT2D eigenvalue weighted by Crippen LogP contribution is -2.53. The number of ether oxygens (including phenoxy) is 2. The fourth-order valence-corrected chi connectivity index (χ4v) is 3.21. The van der Waals surface area contributed by atoms with E-state index in [9.17, 15) is 0 Å². The Bertz CT molecular complexity index is 482. The van der Waals surface area contributed by atoms with Gasteiger partial charge in [-0.1, -0.05) is 6.92 Å². The summed E-state index contributed by atoms with van der Waals surface area (Å²) in [5.41, 5.74) is 3.78. The number of nitrogens with zero attached hydrogens (tertiary/aromatic N) is 1. The first-order valence-corrected chi connectivity index (χ1v) is 7.70. The van der Waals surface area contributed by atoms with Crippen LogP contribution in [0.4, 0.5) is 0 Å². The summed E-state index contributed by atoms with van der Waals surface area (Å²) in [6.45, 7) is 4.32. The molecule has 2 unspecified atom stereocenters. The highest BCUT2D eigenvalue weighted by Gasteiger charge is 2.37. The monoisotopic (exact) mass is 359 g/mol. The number of nitrogens with one attached hydrogen (secondary N) is 1. The molecule has 2 atom stereocenters. The van der Waals surface area contributed by atoms with E-state index in [2.05, 4.69) is 54.2 Å². The third kappa shape index (κ3) is 3.34. The number of halogens is 1. The molecule has 1 rings (SSSR count). The third-order valence-corrected chi connectivity index (χ3v) is 5.10. The molecule has 0 aliphatic heterocycles. The highest BCUT2D eigenvalue weighted by Crippen LogP contribution is 2.43. The van der Waals surface area contributed by atoms with Crippen LogP contribution < -0.4 is 20.7 Å². The summed E-state index contributed by atoms with van der Waals surface area (Å²) in [5, 5.41) is 0. The van der Waals surface area contributed by atoms with Gasteiger partial charge in [0.2, 0.25) is 0 Å². The van der Waals surface area contributed by atoms with Gasteiger partial charge in [-0.3, -0.25) is 11.3 Å². The minimum Gasteiger partial charge on any atom is -0.495 e. The van der Waals surface area contributed by atoms with Gasteiger partial charge in [0.1, 0.15) is 16.0 Å². The molecule has 0 aliphatic carbocycles. The fraction of sp³-hybridized carbons (Fsp3) is 0.600. The molecule has 0 amide bonds. The molecular formula is C15H26BrN3O2. The van der Waals surface area contributed by atoms with E-state index in [-0.39, 0.29) is 11.6 Å². The van der Waals surface area contributed by atoms with E-state index in [1.165, 1.54) is 0 Å². The van der Waals surface area contributed by atoms with Crippen LogP contribution in [0.15, 0.2) is 16.6 Å². The molecule has 0 aromatic heterocycles. The summed E-state index contributed by atoms with van der Waals surface area (Å²) in [6, 6.07) is 3.82. The van der Waals surface area contributed by atoms with Crippen molar-refractivity contribution in [1.82, 2.24) is 10.3 Å². The second-order valence-corrected chi connectivity index (χ2v) is 6.20. The van der Waals surface area contributed by atoms with Crippen LogP contribution >= 0.6 is 15.9 Å². The lowest BCUT2D eigenvalue weighted by molar-refractivity contribution is 0.111. The third-order valence-electron chi connectivity index (χ3n) is 4.35. The van der Waals surface area contributed by atoms with Gasteiger partial charge in [-0.05, 0) is 55.5 Å². The van der Waals surface area contributed by atoms with Crippen LogP contribution in [-0.4, -0.2) is 38.8 Å². The van der Waals surface area contributed by atoms with Gasteiger partial charge in [0, 0.05) is 11.1 Å². The molecule has 5 nitrogen and oxygen atoms in total. The minimum atomic E-state index is -0.157. The van der Waals surface area contributed by atoms with Gasteiger partial charge in [0.15, 0.2) is 0 Å².